The number of benzene rings is 1. The highest BCUT2D eigenvalue weighted by Gasteiger charge is 2.41. The van der Waals surface area contributed by atoms with Gasteiger partial charge in [-0.2, -0.15) is 4.98 Å². The maximum Gasteiger partial charge on any atom is 0.257 e. The fourth-order valence-electron chi connectivity index (χ4n) is 4.80. The van der Waals surface area contributed by atoms with Crippen molar-refractivity contribution in [3.8, 4) is 11.5 Å². The van der Waals surface area contributed by atoms with E-state index in [1.54, 1.807) is 19.2 Å². The summed E-state index contributed by atoms with van der Waals surface area (Å²) in [5.74, 6) is 0.944. The van der Waals surface area contributed by atoms with Crippen molar-refractivity contribution in [2.45, 2.75) is 50.4 Å². The summed E-state index contributed by atoms with van der Waals surface area (Å²) < 4.78 is 24.1. The molecular weight excluding hydrogens is 411 g/mol. The predicted molar refractivity (Wildman–Crippen MR) is 119 cm³/mol. The van der Waals surface area contributed by atoms with E-state index in [-0.39, 0.29) is 17.1 Å². The van der Waals surface area contributed by atoms with Gasteiger partial charge in [0.05, 0.1) is 6.54 Å². The number of piperidine rings is 1. The van der Waals surface area contributed by atoms with Crippen LogP contribution < -0.4 is 0 Å². The fraction of sp³-hybridized carbons (Fsp3) is 0.625. The lowest BCUT2D eigenvalue weighted by Gasteiger charge is -2.40. The maximum atomic E-state index is 13.3. The van der Waals surface area contributed by atoms with Crippen molar-refractivity contribution in [1.82, 2.24) is 19.9 Å². The van der Waals surface area contributed by atoms with Crippen LogP contribution in [-0.4, -0.2) is 72.3 Å². The van der Waals surface area contributed by atoms with Crippen LogP contribution >= 0.6 is 0 Å². The van der Waals surface area contributed by atoms with Crippen LogP contribution in [0.4, 0.5) is 4.39 Å². The molecular formula is C24H33FN4O3. The highest BCUT2D eigenvalue weighted by atomic mass is 19.1. The van der Waals surface area contributed by atoms with Crippen LogP contribution in [0.1, 0.15) is 50.8 Å². The summed E-state index contributed by atoms with van der Waals surface area (Å²) >= 11 is 0. The number of hydrogen-bond donors (Lipinski definition) is 0. The Kier molecular flexibility index (Phi) is 7.52. The lowest BCUT2D eigenvalue weighted by Crippen LogP contribution is -2.49. The Morgan fingerprint density at radius 2 is 1.78 bits per heavy atom. The van der Waals surface area contributed by atoms with Crippen LogP contribution in [0.3, 0.4) is 0 Å². The lowest BCUT2D eigenvalue weighted by atomic mass is 9.75. The first-order valence-electron chi connectivity index (χ1n) is 11.7. The third-order valence-corrected chi connectivity index (χ3v) is 6.91. The average molecular weight is 445 g/mol. The van der Waals surface area contributed by atoms with Gasteiger partial charge in [-0.15, -0.1) is 0 Å². The van der Waals surface area contributed by atoms with E-state index in [1.165, 1.54) is 37.8 Å². The zero-order chi connectivity index (χ0) is 22.4. The van der Waals surface area contributed by atoms with Crippen molar-refractivity contribution < 1.29 is 18.4 Å². The second-order valence-electron chi connectivity index (χ2n) is 9.02. The van der Waals surface area contributed by atoms with Gasteiger partial charge < -0.3 is 14.2 Å². The highest BCUT2D eigenvalue weighted by molar-refractivity contribution is 5.78. The number of rotatable bonds is 7. The minimum atomic E-state index is -0.303. The van der Waals surface area contributed by atoms with Crippen molar-refractivity contribution in [2.75, 3.05) is 46.4 Å². The topological polar surface area (TPSA) is 71.7 Å². The molecule has 2 aromatic rings. The number of halogens is 1. The third-order valence-electron chi connectivity index (χ3n) is 6.91. The molecule has 0 atom stereocenters. The summed E-state index contributed by atoms with van der Waals surface area (Å²) in [7, 11) is 1.69. The van der Waals surface area contributed by atoms with Crippen LogP contribution in [0.2, 0.25) is 0 Å². The number of methoxy groups -OCH3 is 1. The number of amides is 1. The summed E-state index contributed by atoms with van der Waals surface area (Å²) in [6.07, 6.45) is 7.19. The van der Waals surface area contributed by atoms with Crippen LogP contribution in [0.15, 0.2) is 28.8 Å². The van der Waals surface area contributed by atoms with E-state index in [1.807, 2.05) is 4.90 Å². The molecule has 32 heavy (non-hydrogen) atoms. The second kappa shape index (κ2) is 10.5. The van der Waals surface area contributed by atoms with Gasteiger partial charge >= 0.3 is 0 Å². The lowest BCUT2D eigenvalue weighted by molar-refractivity contribution is -0.134. The number of carbonyl (C=O) groups is 1. The number of likely N-dealkylation sites (tertiary alicyclic amines) is 2. The van der Waals surface area contributed by atoms with Crippen LogP contribution in [0.5, 0.6) is 0 Å². The molecule has 2 aliphatic heterocycles. The molecule has 2 saturated heterocycles. The maximum absolute atomic E-state index is 13.3. The van der Waals surface area contributed by atoms with Gasteiger partial charge in [0, 0.05) is 37.8 Å². The molecule has 0 saturated carbocycles. The quantitative estimate of drug-likeness (QED) is 0.649. The minimum Gasteiger partial charge on any atom is -0.385 e. The summed E-state index contributed by atoms with van der Waals surface area (Å²) in [6.45, 7) is 4.50. The van der Waals surface area contributed by atoms with Crippen molar-refractivity contribution in [2.24, 2.45) is 0 Å². The number of hydrogen-bond acceptors (Lipinski definition) is 6. The van der Waals surface area contributed by atoms with E-state index in [0.29, 0.717) is 43.5 Å². The molecule has 0 unspecified atom stereocenters. The zero-order valence-corrected chi connectivity index (χ0v) is 18.9. The smallest absolute Gasteiger partial charge is 0.257 e. The molecule has 0 radical (unpaired) electrons. The molecule has 7 nitrogen and oxygen atoms in total. The molecule has 1 amide bonds. The molecule has 0 spiro atoms. The largest absolute Gasteiger partial charge is 0.385 e. The molecule has 3 heterocycles. The van der Waals surface area contributed by atoms with Crippen LogP contribution in [-0.2, 0) is 14.9 Å². The Morgan fingerprint density at radius 1 is 1.09 bits per heavy atom. The first-order valence-corrected chi connectivity index (χ1v) is 11.7. The zero-order valence-electron chi connectivity index (χ0n) is 18.9. The highest BCUT2D eigenvalue weighted by Crippen LogP contribution is 2.38. The van der Waals surface area contributed by atoms with Crippen molar-refractivity contribution in [1.29, 1.82) is 0 Å². The Morgan fingerprint density at radius 3 is 2.44 bits per heavy atom. The van der Waals surface area contributed by atoms with Gasteiger partial charge in [-0.3, -0.25) is 9.69 Å². The van der Waals surface area contributed by atoms with E-state index in [9.17, 15) is 9.18 Å². The molecule has 4 rings (SSSR count). The summed E-state index contributed by atoms with van der Waals surface area (Å²) in [4.78, 5) is 21.9. The summed E-state index contributed by atoms with van der Waals surface area (Å²) in [5, 5.41) is 4.29. The van der Waals surface area contributed by atoms with E-state index >= 15 is 0 Å². The van der Waals surface area contributed by atoms with Gasteiger partial charge in [-0.25, -0.2) is 4.39 Å². The molecule has 8 heteroatoms. The standard InChI is InChI=1S/C24H33FN4O3/c1-31-17-12-24(23-26-22(32-27-23)19-6-8-20(25)9-7-19)10-15-29(16-11-24)21(30)18-28-13-4-2-3-5-14-28/h6-9H,2-5,10-18H2,1H3. The van der Waals surface area contributed by atoms with E-state index in [4.69, 9.17) is 9.26 Å². The van der Waals surface area contributed by atoms with Gasteiger partial charge in [0.1, 0.15) is 5.82 Å². The predicted octanol–water partition coefficient (Wildman–Crippen LogP) is 3.65. The number of aromatic nitrogens is 2. The molecule has 0 N–H and O–H groups in total. The van der Waals surface area contributed by atoms with Gasteiger partial charge in [0.2, 0.25) is 5.91 Å². The Hall–Kier alpha value is -2.32. The van der Waals surface area contributed by atoms with Crippen LogP contribution in [0, 0.1) is 5.82 Å². The number of carbonyl (C=O) groups excluding carboxylic acids is 1. The fourth-order valence-corrected chi connectivity index (χ4v) is 4.80. The first kappa shape index (κ1) is 22.9. The third kappa shape index (κ3) is 5.35. The monoisotopic (exact) mass is 444 g/mol. The Balaban J connectivity index is 1.43. The normalized spacial score (nSPS) is 19.6. The Bertz CT molecular complexity index is 870. The van der Waals surface area contributed by atoms with Crippen molar-refractivity contribution in [3.63, 3.8) is 0 Å². The minimum absolute atomic E-state index is 0.215. The summed E-state index contributed by atoms with van der Waals surface area (Å²) in [6, 6.07) is 6.04. The van der Waals surface area contributed by atoms with Gasteiger partial charge in [-0.1, -0.05) is 18.0 Å². The molecule has 174 valence electrons. The van der Waals surface area contributed by atoms with Gasteiger partial charge in [0.15, 0.2) is 5.82 Å². The van der Waals surface area contributed by atoms with Gasteiger partial charge in [-0.05, 0) is 69.5 Å². The summed E-state index contributed by atoms with van der Waals surface area (Å²) in [5.41, 5.74) is 0.397. The number of ether oxygens (including phenoxy) is 1. The van der Waals surface area contributed by atoms with E-state index in [2.05, 4.69) is 15.0 Å². The first-order chi connectivity index (χ1) is 15.6. The van der Waals surface area contributed by atoms with E-state index < -0.39 is 0 Å². The Labute approximate surface area is 188 Å². The second-order valence-corrected chi connectivity index (χ2v) is 9.02. The van der Waals surface area contributed by atoms with Crippen molar-refractivity contribution >= 4 is 5.91 Å². The average Bonchev–Trinajstić information content (AvgIpc) is 3.18. The van der Waals surface area contributed by atoms with Crippen LogP contribution in [0.25, 0.3) is 11.5 Å². The molecule has 1 aromatic carbocycles. The SMILES string of the molecule is COCCC1(c2noc(-c3ccc(F)cc3)n2)CCN(C(=O)CN2CCCCCC2)CC1. The molecule has 0 aliphatic carbocycles. The molecule has 2 fully saturated rings. The number of nitrogens with zero attached hydrogens (tertiary/aromatic N) is 4. The molecule has 1 aromatic heterocycles. The van der Waals surface area contributed by atoms with E-state index in [0.717, 1.165) is 32.4 Å². The molecule has 2 aliphatic rings. The van der Waals surface area contributed by atoms with Crippen molar-refractivity contribution in [3.05, 3.63) is 35.9 Å². The van der Waals surface area contributed by atoms with Gasteiger partial charge in [0.25, 0.3) is 5.89 Å². The molecule has 0 bridgehead atoms.